The van der Waals surface area contributed by atoms with Crippen LogP contribution in [0.4, 0.5) is 0 Å². The molecular weight excluding hydrogens is 250 g/mol. The second-order valence-electron chi connectivity index (χ2n) is 3.96. The number of methoxy groups -OCH3 is 1. The molecule has 0 spiro atoms. The van der Waals surface area contributed by atoms with Crippen molar-refractivity contribution < 1.29 is 27.8 Å². The van der Waals surface area contributed by atoms with E-state index < -0.39 is 21.5 Å². The van der Waals surface area contributed by atoms with Crippen LogP contribution in [0.2, 0.25) is 0 Å². The summed E-state index contributed by atoms with van der Waals surface area (Å²) in [4.78, 5) is 11.1. The smallest absolute Gasteiger partial charge is 0.327 e. The van der Waals surface area contributed by atoms with Crippen LogP contribution in [0.5, 0.6) is 0 Å². The molecule has 0 saturated carbocycles. The van der Waals surface area contributed by atoms with E-state index in [1.54, 1.807) is 0 Å². The predicted octanol–water partition coefficient (Wildman–Crippen LogP) is -0.814. The molecule has 1 rings (SSSR count). The average molecular weight is 267 g/mol. The molecule has 0 radical (unpaired) electrons. The summed E-state index contributed by atoms with van der Waals surface area (Å²) in [5, 5.41) is 9.07. The quantitative estimate of drug-likeness (QED) is 0.585. The summed E-state index contributed by atoms with van der Waals surface area (Å²) < 4.78 is 35.3. The molecule has 100 valence electrons. The lowest BCUT2D eigenvalue weighted by Crippen LogP contribution is -2.55. The average Bonchev–Trinajstić information content (AvgIpc) is 2.67. The fraction of sp³-hybridized carbons (Fsp3) is 0.889. The Morgan fingerprint density at radius 1 is 1.59 bits per heavy atom. The lowest BCUT2D eigenvalue weighted by molar-refractivity contribution is -0.144. The Bertz CT molecular complexity index is 360. The Hall–Kier alpha value is -0.700. The molecule has 0 aromatic carbocycles. The highest BCUT2D eigenvalue weighted by molar-refractivity contribution is 7.89. The number of nitrogens with one attached hydrogen (secondary N) is 1. The van der Waals surface area contributed by atoms with E-state index in [1.807, 2.05) is 0 Å². The maximum absolute atomic E-state index is 11.7. The standard InChI is InChI=1S/C9H17NO6S/c1-15-4-2-6-17(13,14)10-9(8(11)12)3-5-16-7-9/h10H,2-7H2,1H3,(H,11,12). The van der Waals surface area contributed by atoms with Gasteiger partial charge in [-0.15, -0.1) is 0 Å². The van der Waals surface area contributed by atoms with Crippen molar-refractivity contribution in [1.29, 1.82) is 0 Å². The Morgan fingerprint density at radius 2 is 2.29 bits per heavy atom. The van der Waals surface area contributed by atoms with E-state index in [0.717, 1.165) is 0 Å². The van der Waals surface area contributed by atoms with Crippen LogP contribution >= 0.6 is 0 Å². The lowest BCUT2D eigenvalue weighted by Gasteiger charge is -2.23. The third kappa shape index (κ3) is 3.91. The lowest BCUT2D eigenvalue weighted by atomic mass is 10.0. The van der Waals surface area contributed by atoms with Gasteiger partial charge in [0.05, 0.1) is 12.4 Å². The molecule has 1 unspecified atom stereocenters. The molecule has 7 nitrogen and oxygen atoms in total. The molecule has 0 amide bonds. The van der Waals surface area contributed by atoms with Crippen molar-refractivity contribution >= 4 is 16.0 Å². The van der Waals surface area contributed by atoms with E-state index in [4.69, 9.17) is 14.6 Å². The van der Waals surface area contributed by atoms with E-state index in [0.29, 0.717) is 13.0 Å². The largest absolute Gasteiger partial charge is 0.480 e. The second kappa shape index (κ2) is 5.76. The maximum Gasteiger partial charge on any atom is 0.327 e. The normalized spacial score (nSPS) is 25.0. The van der Waals surface area contributed by atoms with Crippen molar-refractivity contribution in [3.05, 3.63) is 0 Å². The molecule has 1 fully saturated rings. The molecule has 1 heterocycles. The van der Waals surface area contributed by atoms with E-state index in [1.165, 1.54) is 7.11 Å². The Labute approximate surface area is 100 Å². The van der Waals surface area contributed by atoms with Crippen LogP contribution in [-0.2, 0) is 24.3 Å². The molecule has 1 saturated heterocycles. The summed E-state index contributed by atoms with van der Waals surface area (Å²) in [5.74, 6) is -1.36. The molecule has 1 aliphatic heterocycles. The number of carboxylic acid groups (broad SMARTS) is 1. The molecule has 1 atom stereocenters. The summed E-state index contributed by atoms with van der Waals surface area (Å²) >= 11 is 0. The molecule has 2 N–H and O–H groups in total. The molecular formula is C9H17NO6S. The first-order valence-corrected chi connectivity index (χ1v) is 6.89. The third-order valence-corrected chi connectivity index (χ3v) is 4.07. The van der Waals surface area contributed by atoms with Gasteiger partial charge in [-0.2, -0.15) is 4.72 Å². The van der Waals surface area contributed by atoms with Gasteiger partial charge in [0.15, 0.2) is 5.54 Å². The number of ether oxygens (including phenoxy) is 2. The summed E-state index contributed by atoms with van der Waals surface area (Å²) in [6, 6.07) is 0. The van der Waals surface area contributed by atoms with Crippen LogP contribution in [-0.4, -0.2) is 57.7 Å². The van der Waals surface area contributed by atoms with Gasteiger partial charge >= 0.3 is 5.97 Å². The Balaban J connectivity index is 2.64. The zero-order valence-corrected chi connectivity index (χ0v) is 10.5. The highest BCUT2D eigenvalue weighted by Gasteiger charge is 2.45. The minimum Gasteiger partial charge on any atom is -0.480 e. The van der Waals surface area contributed by atoms with Gasteiger partial charge in [0.25, 0.3) is 0 Å². The van der Waals surface area contributed by atoms with Crippen LogP contribution in [0, 0.1) is 0 Å². The predicted molar refractivity (Wildman–Crippen MR) is 59.2 cm³/mol. The van der Waals surface area contributed by atoms with Gasteiger partial charge in [-0.25, -0.2) is 8.42 Å². The minimum absolute atomic E-state index is 0.133. The van der Waals surface area contributed by atoms with Crippen molar-refractivity contribution in [3.63, 3.8) is 0 Å². The number of hydrogen-bond acceptors (Lipinski definition) is 5. The van der Waals surface area contributed by atoms with Gasteiger partial charge < -0.3 is 14.6 Å². The fourth-order valence-corrected chi connectivity index (χ4v) is 3.04. The first-order chi connectivity index (χ1) is 7.92. The van der Waals surface area contributed by atoms with E-state index in [2.05, 4.69) is 4.72 Å². The Morgan fingerprint density at radius 3 is 2.76 bits per heavy atom. The summed E-state index contributed by atoms with van der Waals surface area (Å²) in [6.07, 6.45) is 0.466. The van der Waals surface area contributed by atoms with Crippen LogP contribution < -0.4 is 4.72 Å². The number of carbonyl (C=O) groups is 1. The van der Waals surface area contributed by atoms with Crippen molar-refractivity contribution in [2.75, 3.05) is 32.7 Å². The first-order valence-electron chi connectivity index (χ1n) is 5.24. The first kappa shape index (κ1) is 14.4. The van der Waals surface area contributed by atoms with Gasteiger partial charge in [0.1, 0.15) is 0 Å². The molecule has 0 aliphatic carbocycles. The van der Waals surface area contributed by atoms with Gasteiger partial charge in [-0.3, -0.25) is 4.79 Å². The molecule has 8 heteroatoms. The van der Waals surface area contributed by atoms with Crippen LogP contribution in [0.1, 0.15) is 12.8 Å². The van der Waals surface area contributed by atoms with E-state index in [9.17, 15) is 13.2 Å². The Kier molecular flexibility index (Phi) is 4.87. The van der Waals surface area contributed by atoms with E-state index >= 15 is 0 Å². The van der Waals surface area contributed by atoms with Crippen molar-refractivity contribution in [2.24, 2.45) is 0 Å². The van der Waals surface area contributed by atoms with E-state index in [-0.39, 0.29) is 25.4 Å². The molecule has 0 aromatic heterocycles. The van der Waals surface area contributed by atoms with Crippen LogP contribution in [0.3, 0.4) is 0 Å². The fourth-order valence-electron chi connectivity index (χ4n) is 1.60. The number of rotatable bonds is 7. The molecule has 1 aliphatic rings. The topological polar surface area (TPSA) is 102 Å². The number of aliphatic carboxylic acids is 1. The zero-order chi connectivity index (χ0) is 12.9. The summed E-state index contributed by atoms with van der Waals surface area (Å²) in [6.45, 7) is 0.427. The number of carboxylic acids is 1. The third-order valence-electron chi connectivity index (χ3n) is 2.54. The minimum atomic E-state index is -3.63. The van der Waals surface area contributed by atoms with Crippen LogP contribution in [0.25, 0.3) is 0 Å². The van der Waals surface area contributed by atoms with Crippen LogP contribution in [0.15, 0.2) is 0 Å². The SMILES string of the molecule is COCCCS(=O)(=O)NC1(C(=O)O)CCOC1. The van der Waals surface area contributed by atoms with Gasteiger partial charge in [0, 0.05) is 26.7 Å². The highest BCUT2D eigenvalue weighted by Crippen LogP contribution is 2.20. The molecule has 0 bridgehead atoms. The number of sulfonamides is 1. The maximum atomic E-state index is 11.7. The molecule has 17 heavy (non-hydrogen) atoms. The van der Waals surface area contributed by atoms with Gasteiger partial charge in [-0.1, -0.05) is 0 Å². The summed E-state index contributed by atoms with van der Waals surface area (Å²) in [5.41, 5.74) is -1.51. The second-order valence-corrected chi connectivity index (χ2v) is 5.80. The van der Waals surface area contributed by atoms with Gasteiger partial charge in [0.2, 0.25) is 10.0 Å². The van der Waals surface area contributed by atoms with Gasteiger partial charge in [-0.05, 0) is 6.42 Å². The van der Waals surface area contributed by atoms with Crippen molar-refractivity contribution in [2.45, 2.75) is 18.4 Å². The highest BCUT2D eigenvalue weighted by atomic mass is 32.2. The monoisotopic (exact) mass is 267 g/mol. The van der Waals surface area contributed by atoms with Crippen molar-refractivity contribution in [1.82, 2.24) is 4.72 Å². The summed E-state index contributed by atoms with van der Waals surface area (Å²) in [7, 11) is -2.16. The molecule has 0 aromatic rings. The zero-order valence-electron chi connectivity index (χ0n) is 9.64. The number of hydrogen-bond donors (Lipinski definition) is 2. The van der Waals surface area contributed by atoms with Crippen molar-refractivity contribution in [3.8, 4) is 0 Å².